The van der Waals surface area contributed by atoms with Crippen molar-refractivity contribution in [3.63, 3.8) is 0 Å². The van der Waals surface area contributed by atoms with Crippen molar-refractivity contribution in [3.8, 4) is 0 Å². The molecular weight excluding hydrogens is 765 g/mol. The lowest BCUT2D eigenvalue weighted by Crippen LogP contribution is -2.61. The van der Waals surface area contributed by atoms with Crippen molar-refractivity contribution in [1.82, 2.24) is 20.4 Å². The maximum Gasteiger partial charge on any atom is 0.243 e. The molecule has 0 unspecified atom stereocenters. The number of amides is 2. The van der Waals surface area contributed by atoms with Crippen LogP contribution in [0.3, 0.4) is 0 Å². The van der Waals surface area contributed by atoms with Gasteiger partial charge in [0.05, 0.1) is 24.4 Å². The number of aliphatic hydroxyl groups is 4. The number of piperazine rings is 1. The Morgan fingerprint density at radius 2 is 0.689 bits per heavy atom. The minimum atomic E-state index is -0.540. The highest BCUT2D eigenvalue weighted by Gasteiger charge is 2.33. The summed E-state index contributed by atoms with van der Waals surface area (Å²) in [5.41, 5.74) is 0. The van der Waals surface area contributed by atoms with Gasteiger partial charge in [0.2, 0.25) is 11.8 Å². The van der Waals surface area contributed by atoms with Crippen molar-refractivity contribution in [2.75, 3.05) is 39.3 Å². The van der Waals surface area contributed by atoms with Gasteiger partial charge in [-0.2, -0.15) is 0 Å². The highest BCUT2D eigenvalue weighted by molar-refractivity contribution is 5.96. The third-order valence-electron chi connectivity index (χ3n) is 12.8. The first-order valence-electron chi connectivity index (χ1n) is 26.4. The fourth-order valence-corrected chi connectivity index (χ4v) is 9.05. The van der Waals surface area contributed by atoms with E-state index in [0.29, 0.717) is 39.0 Å². The lowest BCUT2D eigenvalue weighted by atomic mass is 10.0. The number of carbonyl (C=O) groups is 2. The summed E-state index contributed by atoms with van der Waals surface area (Å²) in [5.74, 6) is -0.246. The molecule has 1 aliphatic rings. The maximum atomic E-state index is 13.1. The highest BCUT2D eigenvalue weighted by Crippen LogP contribution is 2.17. The minimum absolute atomic E-state index is 0.122. The Kier molecular flexibility index (Phi) is 38.1. The Morgan fingerprint density at radius 1 is 0.410 bits per heavy atom. The third-order valence-corrected chi connectivity index (χ3v) is 12.8. The quantitative estimate of drug-likeness (QED) is 0.0332. The molecule has 0 aromatic carbocycles. The van der Waals surface area contributed by atoms with Crippen LogP contribution in [0.1, 0.15) is 240 Å². The predicted octanol–water partition coefficient (Wildman–Crippen LogP) is 9.97. The number of nitrogens with zero attached hydrogens (tertiary/aromatic N) is 2. The molecule has 0 aliphatic carbocycles. The average Bonchev–Trinajstić information content (AvgIpc) is 3.22. The van der Waals surface area contributed by atoms with Crippen LogP contribution in [0.2, 0.25) is 0 Å². The molecule has 1 heterocycles. The van der Waals surface area contributed by atoms with Crippen molar-refractivity contribution in [2.24, 2.45) is 0 Å². The summed E-state index contributed by atoms with van der Waals surface area (Å²) in [6.45, 7) is 12.2. The molecule has 0 spiro atoms. The smallest absolute Gasteiger partial charge is 0.243 e. The molecule has 0 aromatic heterocycles. The zero-order valence-electron chi connectivity index (χ0n) is 40.5. The Morgan fingerprint density at radius 3 is 0.984 bits per heavy atom. The summed E-state index contributed by atoms with van der Waals surface area (Å²) in [7, 11) is 0. The standard InChI is InChI=1S/C51H102N4O6/c1-5-8-11-14-17-20-23-26-33-45(57)41-54(40-44(4)56)38-31-29-36-48-50(60)53-49(51(61)52-48)37-30-32-39-55(42-46(58)34-27-24-21-18-15-12-9-6-2)43-47(59)35-28-25-22-19-16-13-10-7-3/h44-49,56-59H,5-43H2,1-4H3,(H,52,61)(H,53,60)/t44-,45-,46-,47+,48+,49-/m0/s1. The van der Waals surface area contributed by atoms with Gasteiger partial charge in [-0.3, -0.25) is 19.4 Å². The molecule has 10 heteroatoms. The fraction of sp³-hybridized carbons (Fsp3) is 0.961. The van der Waals surface area contributed by atoms with Gasteiger partial charge in [0, 0.05) is 26.2 Å². The molecule has 1 saturated heterocycles. The zero-order valence-corrected chi connectivity index (χ0v) is 40.5. The normalized spacial score (nSPS) is 17.8. The molecule has 1 fully saturated rings. The molecule has 6 atom stereocenters. The van der Waals surface area contributed by atoms with Crippen molar-refractivity contribution in [3.05, 3.63) is 0 Å². The van der Waals surface area contributed by atoms with Crippen LogP contribution in [-0.4, -0.2) is 118 Å². The van der Waals surface area contributed by atoms with Gasteiger partial charge in [0.25, 0.3) is 0 Å². The van der Waals surface area contributed by atoms with E-state index in [1.807, 2.05) is 0 Å². The number of rotatable bonds is 45. The van der Waals surface area contributed by atoms with Crippen molar-refractivity contribution < 1.29 is 30.0 Å². The Hall–Kier alpha value is -1.30. The van der Waals surface area contributed by atoms with Gasteiger partial charge in [-0.15, -0.1) is 0 Å². The van der Waals surface area contributed by atoms with Crippen molar-refractivity contribution in [1.29, 1.82) is 0 Å². The van der Waals surface area contributed by atoms with E-state index in [1.54, 1.807) is 6.92 Å². The van der Waals surface area contributed by atoms with E-state index < -0.39 is 36.5 Å². The highest BCUT2D eigenvalue weighted by atomic mass is 16.3. The van der Waals surface area contributed by atoms with E-state index in [2.05, 4.69) is 41.2 Å². The second-order valence-corrected chi connectivity index (χ2v) is 19.2. The third kappa shape index (κ3) is 33.8. The largest absolute Gasteiger partial charge is 0.392 e. The average molecular weight is 867 g/mol. The summed E-state index contributed by atoms with van der Waals surface area (Å²) in [5, 5.41) is 48.7. The molecule has 0 saturated carbocycles. The summed E-state index contributed by atoms with van der Waals surface area (Å²) in [6, 6.07) is -1.08. The van der Waals surface area contributed by atoms with Crippen molar-refractivity contribution >= 4 is 11.8 Å². The molecule has 0 radical (unpaired) electrons. The van der Waals surface area contributed by atoms with Crippen LogP contribution in [0, 0.1) is 0 Å². The Balaban J connectivity index is 2.47. The lowest BCUT2D eigenvalue weighted by Gasteiger charge is -2.31. The Labute approximate surface area is 376 Å². The van der Waals surface area contributed by atoms with Crippen LogP contribution in [0.4, 0.5) is 0 Å². The van der Waals surface area contributed by atoms with E-state index in [-0.39, 0.29) is 11.8 Å². The summed E-state index contributed by atoms with van der Waals surface area (Å²) >= 11 is 0. The number of nitrogens with one attached hydrogen (secondary N) is 2. The first-order chi connectivity index (χ1) is 29.6. The predicted molar refractivity (Wildman–Crippen MR) is 256 cm³/mol. The minimum Gasteiger partial charge on any atom is -0.392 e. The molecule has 0 aromatic rings. The molecule has 6 N–H and O–H groups in total. The second-order valence-electron chi connectivity index (χ2n) is 19.2. The summed E-state index contributed by atoms with van der Waals surface area (Å²) < 4.78 is 0. The van der Waals surface area contributed by atoms with Gasteiger partial charge < -0.3 is 31.1 Å². The maximum absolute atomic E-state index is 13.1. The summed E-state index contributed by atoms with van der Waals surface area (Å²) in [6.07, 6.45) is 34.7. The van der Waals surface area contributed by atoms with Crippen molar-refractivity contribution in [2.45, 2.75) is 276 Å². The van der Waals surface area contributed by atoms with Crippen LogP contribution >= 0.6 is 0 Å². The van der Waals surface area contributed by atoms with E-state index >= 15 is 0 Å². The zero-order chi connectivity index (χ0) is 44.8. The molecule has 61 heavy (non-hydrogen) atoms. The van der Waals surface area contributed by atoms with E-state index in [4.69, 9.17) is 0 Å². The molecule has 362 valence electrons. The van der Waals surface area contributed by atoms with E-state index in [9.17, 15) is 30.0 Å². The topological polar surface area (TPSA) is 146 Å². The number of carbonyl (C=O) groups excluding carboxylic acids is 2. The molecule has 0 bridgehead atoms. The number of hydrogen-bond donors (Lipinski definition) is 6. The van der Waals surface area contributed by atoms with E-state index in [1.165, 1.54) is 116 Å². The molecule has 10 nitrogen and oxygen atoms in total. The molecular formula is C51H102N4O6. The van der Waals surface area contributed by atoms with Gasteiger partial charge >= 0.3 is 0 Å². The fourth-order valence-electron chi connectivity index (χ4n) is 9.05. The van der Waals surface area contributed by atoms with Crippen LogP contribution in [0.15, 0.2) is 0 Å². The lowest BCUT2D eigenvalue weighted by molar-refractivity contribution is -0.137. The second kappa shape index (κ2) is 40.2. The first kappa shape index (κ1) is 57.7. The van der Waals surface area contributed by atoms with E-state index in [0.717, 1.165) is 96.6 Å². The first-order valence-corrected chi connectivity index (χ1v) is 26.4. The number of unbranched alkanes of at least 4 members (excludes halogenated alkanes) is 23. The molecule has 1 rings (SSSR count). The van der Waals surface area contributed by atoms with Gasteiger partial charge in [-0.25, -0.2) is 0 Å². The van der Waals surface area contributed by atoms with Crippen LogP contribution in [0.25, 0.3) is 0 Å². The van der Waals surface area contributed by atoms with Gasteiger partial charge in [-0.1, -0.05) is 175 Å². The van der Waals surface area contributed by atoms with Gasteiger partial charge in [0.15, 0.2) is 0 Å². The molecule has 1 aliphatic heterocycles. The number of hydrogen-bond acceptors (Lipinski definition) is 8. The molecule has 2 amide bonds. The van der Waals surface area contributed by atoms with Gasteiger partial charge in [-0.05, 0) is 77.8 Å². The Bertz CT molecular complexity index is 976. The van der Waals surface area contributed by atoms with Crippen LogP contribution < -0.4 is 10.6 Å². The number of aliphatic hydroxyl groups excluding tert-OH is 4. The SMILES string of the molecule is CCCCCCCCCC[C@@H](O)CN(CCCC[C@@H]1NC(=O)[C@@H](CCCCN(C[C@@H](O)CCCCCCCCCC)C[C@H](C)O)NC1=O)C[C@@H](O)CCCCCCCCCC. The van der Waals surface area contributed by atoms with Crippen LogP contribution in [0.5, 0.6) is 0 Å². The summed E-state index contributed by atoms with van der Waals surface area (Å²) in [4.78, 5) is 30.5. The monoisotopic (exact) mass is 867 g/mol. The van der Waals surface area contributed by atoms with Crippen LogP contribution in [-0.2, 0) is 9.59 Å². The van der Waals surface area contributed by atoms with Gasteiger partial charge in [0.1, 0.15) is 12.1 Å².